The predicted octanol–water partition coefficient (Wildman–Crippen LogP) is 2.40. The van der Waals surface area contributed by atoms with Crippen LogP contribution in [0.5, 0.6) is 0 Å². The Morgan fingerprint density at radius 3 is 2.50 bits per heavy atom. The molecule has 1 aromatic heterocycles. The maximum Gasteiger partial charge on any atom is 0.407 e. The SMILES string of the molecule is CC(C)(C)OC(=O)NCCCn1cccc1. The number of carbonyl (C=O) groups excluding carboxylic acids is 1. The first kappa shape index (κ1) is 12.6. The van der Waals surface area contributed by atoms with Crippen LogP contribution in [0.25, 0.3) is 0 Å². The molecule has 1 rings (SSSR count). The summed E-state index contributed by atoms with van der Waals surface area (Å²) in [5.41, 5.74) is -0.426. The molecule has 0 aromatic carbocycles. The third-order valence-corrected chi connectivity index (χ3v) is 1.93. The number of aromatic nitrogens is 1. The van der Waals surface area contributed by atoms with Crippen LogP contribution in [0.3, 0.4) is 0 Å². The van der Waals surface area contributed by atoms with Crippen molar-refractivity contribution >= 4 is 6.09 Å². The van der Waals surface area contributed by atoms with Gasteiger partial charge in [0, 0.05) is 25.5 Å². The highest BCUT2D eigenvalue weighted by Gasteiger charge is 2.15. The molecule has 4 heteroatoms. The number of nitrogens with one attached hydrogen (secondary N) is 1. The molecule has 0 aliphatic carbocycles. The molecule has 1 amide bonds. The monoisotopic (exact) mass is 224 g/mol. The number of hydrogen-bond acceptors (Lipinski definition) is 2. The second-order valence-corrected chi connectivity index (χ2v) is 4.70. The Morgan fingerprint density at radius 1 is 1.31 bits per heavy atom. The lowest BCUT2D eigenvalue weighted by molar-refractivity contribution is 0.0526. The second kappa shape index (κ2) is 5.58. The molecule has 0 radical (unpaired) electrons. The van der Waals surface area contributed by atoms with Crippen LogP contribution < -0.4 is 5.32 Å². The molecule has 1 N–H and O–H groups in total. The van der Waals surface area contributed by atoms with Crippen molar-refractivity contribution in [2.75, 3.05) is 6.54 Å². The predicted molar refractivity (Wildman–Crippen MR) is 63.3 cm³/mol. The lowest BCUT2D eigenvalue weighted by atomic mass is 10.2. The molecule has 1 heterocycles. The maximum absolute atomic E-state index is 11.3. The van der Waals surface area contributed by atoms with Gasteiger partial charge in [0.15, 0.2) is 0 Å². The van der Waals surface area contributed by atoms with Gasteiger partial charge in [-0.1, -0.05) is 0 Å². The number of hydrogen-bond donors (Lipinski definition) is 1. The Labute approximate surface area is 96.6 Å². The zero-order chi connectivity index (χ0) is 12.0. The van der Waals surface area contributed by atoms with Crippen LogP contribution in [0.2, 0.25) is 0 Å². The van der Waals surface area contributed by atoms with Crippen LogP contribution >= 0.6 is 0 Å². The zero-order valence-corrected chi connectivity index (χ0v) is 10.2. The quantitative estimate of drug-likeness (QED) is 0.798. The van der Waals surface area contributed by atoms with Crippen molar-refractivity contribution in [3.8, 4) is 0 Å². The first-order valence-corrected chi connectivity index (χ1v) is 5.55. The number of alkyl carbamates (subject to hydrolysis) is 1. The molecule has 0 atom stereocenters. The first-order valence-electron chi connectivity index (χ1n) is 5.55. The van der Waals surface area contributed by atoms with Gasteiger partial charge in [0.05, 0.1) is 0 Å². The van der Waals surface area contributed by atoms with Crippen LogP contribution in [-0.4, -0.2) is 22.8 Å². The van der Waals surface area contributed by atoms with Crippen molar-refractivity contribution in [3.05, 3.63) is 24.5 Å². The van der Waals surface area contributed by atoms with Crippen molar-refractivity contribution in [1.29, 1.82) is 0 Å². The normalized spacial score (nSPS) is 11.2. The van der Waals surface area contributed by atoms with E-state index in [1.165, 1.54) is 0 Å². The van der Waals surface area contributed by atoms with Crippen LogP contribution in [-0.2, 0) is 11.3 Å². The first-order chi connectivity index (χ1) is 7.47. The molecule has 90 valence electrons. The van der Waals surface area contributed by atoms with E-state index in [1.807, 2.05) is 45.3 Å². The zero-order valence-electron chi connectivity index (χ0n) is 10.2. The Hall–Kier alpha value is -1.45. The summed E-state index contributed by atoms with van der Waals surface area (Å²) < 4.78 is 7.20. The van der Waals surface area contributed by atoms with E-state index in [0.29, 0.717) is 6.54 Å². The summed E-state index contributed by atoms with van der Waals surface area (Å²) in [6, 6.07) is 3.97. The van der Waals surface area contributed by atoms with Crippen LogP contribution in [0, 0.1) is 0 Å². The molecular weight excluding hydrogens is 204 g/mol. The number of amides is 1. The molecule has 0 aliphatic rings. The molecule has 0 unspecified atom stereocenters. The van der Waals surface area contributed by atoms with E-state index in [0.717, 1.165) is 13.0 Å². The minimum absolute atomic E-state index is 0.347. The minimum Gasteiger partial charge on any atom is -0.444 e. The van der Waals surface area contributed by atoms with Crippen LogP contribution in [0.4, 0.5) is 4.79 Å². The molecular formula is C12H20N2O2. The fourth-order valence-corrected chi connectivity index (χ4v) is 1.29. The Balaban J connectivity index is 2.09. The van der Waals surface area contributed by atoms with Gasteiger partial charge in [0.25, 0.3) is 0 Å². The summed E-state index contributed by atoms with van der Waals surface area (Å²) in [7, 11) is 0. The summed E-state index contributed by atoms with van der Waals surface area (Å²) in [6.45, 7) is 7.10. The molecule has 0 aliphatic heterocycles. The molecule has 0 bridgehead atoms. The molecule has 0 saturated heterocycles. The largest absolute Gasteiger partial charge is 0.444 e. The van der Waals surface area contributed by atoms with Crippen molar-refractivity contribution < 1.29 is 9.53 Å². The summed E-state index contributed by atoms with van der Waals surface area (Å²) >= 11 is 0. The van der Waals surface area contributed by atoms with E-state index in [2.05, 4.69) is 9.88 Å². The lowest BCUT2D eigenvalue weighted by Gasteiger charge is -2.19. The van der Waals surface area contributed by atoms with Crippen LogP contribution in [0.1, 0.15) is 27.2 Å². The highest BCUT2D eigenvalue weighted by molar-refractivity contribution is 5.67. The van der Waals surface area contributed by atoms with E-state index in [1.54, 1.807) is 0 Å². The van der Waals surface area contributed by atoms with E-state index in [4.69, 9.17) is 4.74 Å². The molecule has 0 saturated carbocycles. The number of ether oxygens (including phenoxy) is 1. The smallest absolute Gasteiger partial charge is 0.407 e. The van der Waals surface area contributed by atoms with Gasteiger partial charge < -0.3 is 14.6 Å². The maximum atomic E-state index is 11.3. The Kier molecular flexibility index (Phi) is 4.40. The van der Waals surface area contributed by atoms with Gasteiger partial charge >= 0.3 is 6.09 Å². The van der Waals surface area contributed by atoms with Crippen molar-refractivity contribution in [2.45, 2.75) is 39.3 Å². The number of carbonyl (C=O) groups is 1. The highest BCUT2D eigenvalue weighted by Crippen LogP contribution is 2.06. The Bertz CT molecular complexity index is 312. The second-order valence-electron chi connectivity index (χ2n) is 4.70. The summed E-state index contributed by atoms with van der Waals surface area (Å²) in [6.07, 6.45) is 4.56. The van der Waals surface area contributed by atoms with Crippen molar-refractivity contribution in [3.63, 3.8) is 0 Å². The van der Waals surface area contributed by atoms with Gasteiger partial charge in [-0.05, 0) is 39.3 Å². The number of nitrogens with zero attached hydrogens (tertiary/aromatic N) is 1. The fourth-order valence-electron chi connectivity index (χ4n) is 1.29. The van der Waals surface area contributed by atoms with Crippen molar-refractivity contribution in [2.24, 2.45) is 0 Å². The fraction of sp³-hybridized carbons (Fsp3) is 0.583. The molecule has 0 spiro atoms. The molecule has 16 heavy (non-hydrogen) atoms. The summed E-state index contributed by atoms with van der Waals surface area (Å²) in [5, 5.41) is 2.73. The topological polar surface area (TPSA) is 43.3 Å². The third-order valence-electron chi connectivity index (χ3n) is 1.93. The minimum atomic E-state index is -0.426. The van der Waals surface area contributed by atoms with E-state index >= 15 is 0 Å². The van der Waals surface area contributed by atoms with Gasteiger partial charge in [-0.25, -0.2) is 4.79 Å². The van der Waals surface area contributed by atoms with Gasteiger partial charge in [-0.15, -0.1) is 0 Å². The number of rotatable bonds is 4. The molecule has 0 fully saturated rings. The summed E-state index contributed by atoms with van der Waals surface area (Å²) in [4.78, 5) is 11.3. The van der Waals surface area contributed by atoms with Gasteiger partial charge in [-0.3, -0.25) is 0 Å². The van der Waals surface area contributed by atoms with E-state index in [9.17, 15) is 4.79 Å². The number of aryl methyl sites for hydroxylation is 1. The Morgan fingerprint density at radius 2 is 1.94 bits per heavy atom. The standard InChI is InChI=1S/C12H20N2O2/c1-12(2,3)16-11(15)13-7-6-10-14-8-4-5-9-14/h4-5,8-9H,6-7,10H2,1-3H3,(H,13,15). The van der Waals surface area contributed by atoms with E-state index in [-0.39, 0.29) is 6.09 Å². The summed E-state index contributed by atoms with van der Waals surface area (Å²) in [5.74, 6) is 0. The van der Waals surface area contributed by atoms with Gasteiger partial charge in [0.2, 0.25) is 0 Å². The average molecular weight is 224 g/mol. The molecule has 4 nitrogen and oxygen atoms in total. The van der Waals surface area contributed by atoms with Gasteiger partial charge in [-0.2, -0.15) is 0 Å². The third kappa shape index (κ3) is 5.44. The van der Waals surface area contributed by atoms with Crippen molar-refractivity contribution in [1.82, 2.24) is 9.88 Å². The van der Waals surface area contributed by atoms with Crippen LogP contribution in [0.15, 0.2) is 24.5 Å². The lowest BCUT2D eigenvalue weighted by Crippen LogP contribution is -2.33. The van der Waals surface area contributed by atoms with Gasteiger partial charge in [0.1, 0.15) is 5.60 Å². The van der Waals surface area contributed by atoms with E-state index < -0.39 is 5.60 Å². The average Bonchev–Trinajstić information content (AvgIpc) is 2.62. The molecule has 1 aromatic rings. The highest BCUT2D eigenvalue weighted by atomic mass is 16.6.